The van der Waals surface area contributed by atoms with Crippen LogP contribution in [-0.2, 0) is 4.74 Å². The summed E-state index contributed by atoms with van der Waals surface area (Å²) in [5.41, 5.74) is 0. The zero-order valence-corrected chi connectivity index (χ0v) is 8.68. The smallest absolute Gasteiger partial charge is 0.100 e. The van der Waals surface area contributed by atoms with E-state index in [-0.39, 0.29) is 0 Å². The molecule has 0 spiro atoms. The normalized spacial score (nSPS) is 39.6. The van der Waals surface area contributed by atoms with Gasteiger partial charge in [-0.05, 0) is 38.5 Å². The van der Waals surface area contributed by atoms with E-state index >= 15 is 0 Å². The Hall–Kier alpha value is -0.150. The van der Waals surface area contributed by atoms with Gasteiger partial charge in [0, 0.05) is 18.7 Å². The monoisotopic (exact) mass is 201 g/mol. The van der Waals surface area contributed by atoms with E-state index in [9.17, 15) is 4.39 Å². The molecule has 0 aromatic carbocycles. The summed E-state index contributed by atoms with van der Waals surface area (Å²) >= 11 is 0. The molecule has 1 heterocycles. The van der Waals surface area contributed by atoms with Crippen molar-refractivity contribution in [1.82, 2.24) is 5.32 Å². The zero-order valence-electron chi connectivity index (χ0n) is 8.68. The molecule has 1 atom stereocenters. The Kier molecular flexibility index (Phi) is 3.76. The first-order valence-corrected chi connectivity index (χ1v) is 5.82. The van der Waals surface area contributed by atoms with Crippen molar-refractivity contribution in [3.05, 3.63) is 0 Å². The van der Waals surface area contributed by atoms with Gasteiger partial charge in [-0.1, -0.05) is 0 Å². The zero-order chi connectivity index (χ0) is 9.80. The van der Waals surface area contributed by atoms with Crippen molar-refractivity contribution in [1.29, 1.82) is 0 Å². The lowest BCUT2D eigenvalue weighted by Gasteiger charge is -2.31. The molecule has 1 N–H and O–H groups in total. The molecule has 0 aromatic rings. The minimum Gasteiger partial charge on any atom is -0.380 e. The minimum absolute atomic E-state index is 0.518. The molecular weight excluding hydrogens is 181 g/mol. The number of halogens is 1. The molecule has 0 amide bonds. The SMILES string of the molecule is F[C@H]1CC[C@@H](NC2CCCOC2)CC1. The van der Waals surface area contributed by atoms with Crippen LogP contribution in [0.3, 0.4) is 0 Å². The molecule has 3 heteroatoms. The van der Waals surface area contributed by atoms with E-state index in [0.717, 1.165) is 45.3 Å². The van der Waals surface area contributed by atoms with Gasteiger partial charge in [-0.2, -0.15) is 0 Å². The van der Waals surface area contributed by atoms with Gasteiger partial charge in [-0.15, -0.1) is 0 Å². The van der Waals surface area contributed by atoms with Crippen molar-refractivity contribution in [2.75, 3.05) is 13.2 Å². The Morgan fingerprint density at radius 2 is 1.79 bits per heavy atom. The van der Waals surface area contributed by atoms with Crippen LogP contribution in [0.15, 0.2) is 0 Å². The molecule has 2 fully saturated rings. The second-order valence-electron chi connectivity index (χ2n) is 4.53. The van der Waals surface area contributed by atoms with E-state index in [1.807, 2.05) is 0 Å². The van der Waals surface area contributed by atoms with E-state index in [2.05, 4.69) is 5.32 Å². The van der Waals surface area contributed by atoms with Crippen molar-refractivity contribution in [3.63, 3.8) is 0 Å². The summed E-state index contributed by atoms with van der Waals surface area (Å²) in [6.07, 6.45) is 5.31. The Bertz CT molecular complexity index is 163. The van der Waals surface area contributed by atoms with E-state index in [1.165, 1.54) is 6.42 Å². The van der Waals surface area contributed by atoms with E-state index in [0.29, 0.717) is 12.1 Å². The highest BCUT2D eigenvalue weighted by Gasteiger charge is 2.23. The maximum atomic E-state index is 12.9. The molecule has 2 rings (SSSR count). The standard InChI is InChI=1S/C11H20FNO/c12-9-3-5-10(6-4-9)13-11-2-1-7-14-8-11/h9-11,13H,1-8H2/t9-,10+,11?. The first-order chi connectivity index (χ1) is 6.84. The van der Waals surface area contributed by atoms with Crippen LogP contribution >= 0.6 is 0 Å². The molecule has 1 unspecified atom stereocenters. The fourth-order valence-corrected chi connectivity index (χ4v) is 2.42. The molecule has 1 saturated heterocycles. The van der Waals surface area contributed by atoms with Gasteiger partial charge in [-0.3, -0.25) is 0 Å². The Labute approximate surface area is 85.2 Å². The van der Waals surface area contributed by atoms with Crippen LogP contribution in [0, 0.1) is 0 Å². The Morgan fingerprint density at radius 3 is 2.43 bits per heavy atom. The van der Waals surface area contributed by atoms with E-state index in [1.54, 1.807) is 0 Å². The lowest BCUT2D eigenvalue weighted by Crippen LogP contribution is -2.44. The summed E-state index contributed by atoms with van der Waals surface area (Å²) in [6, 6.07) is 1.05. The molecule has 0 aromatic heterocycles. The summed E-state index contributed by atoms with van der Waals surface area (Å²) in [5, 5.41) is 3.59. The van der Waals surface area contributed by atoms with Gasteiger partial charge in [0.1, 0.15) is 6.17 Å². The molecule has 1 aliphatic carbocycles. The van der Waals surface area contributed by atoms with Crippen molar-refractivity contribution in [3.8, 4) is 0 Å². The molecule has 1 aliphatic heterocycles. The maximum absolute atomic E-state index is 12.9. The topological polar surface area (TPSA) is 21.3 Å². The van der Waals surface area contributed by atoms with Crippen LogP contribution in [0.25, 0.3) is 0 Å². The maximum Gasteiger partial charge on any atom is 0.100 e. The average molecular weight is 201 g/mol. The summed E-state index contributed by atoms with van der Waals surface area (Å²) in [5.74, 6) is 0. The van der Waals surface area contributed by atoms with Gasteiger partial charge in [-0.25, -0.2) is 4.39 Å². The van der Waals surface area contributed by atoms with Crippen LogP contribution in [0.4, 0.5) is 4.39 Å². The third kappa shape index (κ3) is 2.92. The molecule has 2 nitrogen and oxygen atoms in total. The van der Waals surface area contributed by atoms with Crippen LogP contribution < -0.4 is 5.32 Å². The second kappa shape index (κ2) is 5.08. The highest BCUT2D eigenvalue weighted by molar-refractivity contribution is 4.81. The lowest BCUT2D eigenvalue weighted by molar-refractivity contribution is 0.0623. The van der Waals surface area contributed by atoms with Gasteiger partial charge in [0.05, 0.1) is 6.61 Å². The first-order valence-electron chi connectivity index (χ1n) is 5.82. The average Bonchev–Trinajstić information content (AvgIpc) is 2.23. The van der Waals surface area contributed by atoms with Gasteiger partial charge in [0.2, 0.25) is 0 Å². The fourth-order valence-electron chi connectivity index (χ4n) is 2.42. The van der Waals surface area contributed by atoms with Crippen LogP contribution in [0.5, 0.6) is 0 Å². The van der Waals surface area contributed by atoms with Gasteiger partial charge >= 0.3 is 0 Å². The lowest BCUT2D eigenvalue weighted by atomic mass is 9.93. The highest BCUT2D eigenvalue weighted by Crippen LogP contribution is 2.22. The number of nitrogens with one attached hydrogen (secondary N) is 1. The predicted octanol–water partition coefficient (Wildman–Crippen LogP) is 2.04. The number of alkyl halides is 1. The van der Waals surface area contributed by atoms with Crippen molar-refractivity contribution < 1.29 is 9.13 Å². The van der Waals surface area contributed by atoms with Crippen molar-refractivity contribution >= 4 is 0 Å². The largest absolute Gasteiger partial charge is 0.380 e. The Balaban J connectivity index is 1.68. The van der Waals surface area contributed by atoms with E-state index < -0.39 is 6.17 Å². The van der Waals surface area contributed by atoms with E-state index in [4.69, 9.17) is 4.74 Å². The first kappa shape index (κ1) is 10.4. The Morgan fingerprint density at radius 1 is 1.00 bits per heavy atom. The number of rotatable bonds is 2. The third-order valence-corrected chi connectivity index (χ3v) is 3.29. The van der Waals surface area contributed by atoms with Gasteiger partial charge in [0.15, 0.2) is 0 Å². The molecule has 1 saturated carbocycles. The second-order valence-corrected chi connectivity index (χ2v) is 4.53. The molecule has 14 heavy (non-hydrogen) atoms. The van der Waals surface area contributed by atoms with Gasteiger partial charge < -0.3 is 10.1 Å². The predicted molar refractivity (Wildman–Crippen MR) is 54.1 cm³/mol. The fraction of sp³-hybridized carbons (Fsp3) is 1.00. The van der Waals surface area contributed by atoms with Crippen LogP contribution in [0.2, 0.25) is 0 Å². The molecule has 2 aliphatic rings. The summed E-state index contributed by atoms with van der Waals surface area (Å²) in [7, 11) is 0. The van der Waals surface area contributed by atoms with Crippen LogP contribution in [-0.4, -0.2) is 31.5 Å². The van der Waals surface area contributed by atoms with Gasteiger partial charge in [0.25, 0.3) is 0 Å². The summed E-state index contributed by atoms with van der Waals surface area (Å²) in [4.78, 5) is 0. The highest BCUT2D eigenvalue weighted by atomic mass is 19.1. The summed E-state index contributed by atoms with van der Waals surface area (Å²) < 4.78 is 18.3. The quantitative estimate of drug-likeness (QED) is 0.738. The number of hydrogen-bond donors (Lipinski definition) is 1. The van der Waals surface area contributed by atoms with Crippen molar-refractivity contribution in [2.45, 2.75) is 56.8 Å². The number of ether oxygens (including phenoxy) is 1. The van der Waals surface area contributed by atoms with Crippen molar-refractivity contribution in [2.24, 2.45) is 0 Å². The molecule has 82 valence electrons. The molecular formula is C11H20FNO. The third-order valence-electron chi connectivity index (χ3n) is 3.29. The minimum atomic E-state index is -0.546. The van der Waals surface area contributed by atoms with Crippen LogP contribution in [0.1, 0.15) is 38.5 Å². The summed E-state index contributed by atoms with van der Waals surface area (Å²) in [6.45, 7) is 1.75. The number of hydrogen-bond acceptors (Lipinski definition) is 2. The molecule has 0 radical (unpaired) electrons. The molecule has 0 bridgehead atoms.